The number of nitrogens with zero attached hydrogens (tertiary/aromatic N) is 6. The number of carbonyl (C=O) groups is 2. The van der Waals surface area contributed by atoms with Crippen molar-refractivity contribution in [3.8, 4) is 5.75 Å². The Hall–Kier alpha value is -3.79. The molecule has 4 rings (SSSR count). The molecule has 1 atom stereocenters. The molecule has 0 spiro atoms. The Labute approximate surface area is 198 Å². The SMILES string of the molecule is COc1cccc(CO[C@@H]2CN(CCc3ccccc3)C(=O)CN(C(=O)Cn3cnnn3)C2)c1. The highest BCUT2D eigenvalue weighted by molar-refractivity contribution is 5.85. The number of methoxy groups -OCH3 is 1. The van der Waals surface area contributed by atoms with E-state index in [1.54, 1.807) is 12.0 Å². The van der Waals surface area contributed by atoms with Gasteiger partial charge in [0.15, 0.2) is 0 Å². The fraction of sp³-hybridized carbons (Fsp3) is 0.375. The van der Waals surface area contributed by atoms with Crippen LogP contribution in [0.3, 0.4) is 0 Å². The van der Waals surface area contributed by atoms with Gasteiger partial charge in [-0.15, -0.1) is 5.10 Å². The standard InChI is InChI=1S/C24H28N6O4/c1-33-21-9-5-8-20(12-21)17-34-22-13-28(11-10-19-6-3-2-4-7-19)23(31)15-29(14-22)24(32)16-30-18-25-26-27-30/h2-9,12,18,22H,10-11,13-17H2,1H3/t22-/m1/s1. The van der Waals surface area contributed by atoms with Crippen molar-refractivity contribution in [3.63, 3.8) is 0 Å². The molecule has 0 aliphatic carbocycles. The van der Waals surface area contributed by atoms with Crippen LogP contribution in [0.2, 0.25) is 0 Å². The third-order valence-electron chi connectivity index (χ3n) is 5.70. The summed E-state index contributed by atoms with van der Waals surface area (Å²) in [5, 5.41) is 10.9. The summed E-state index contributed by atoms with van der Waals surface area (Å²) in [6.07, 6.45) is 1.76. The second-order valence-electron chi connectivity index (χ2n) is 8.14. The summed E-state index contributed by atoms with van der Waals surface area (Å²) in [7, 11) is 1.62. The van der Waals surface area contributed by atoms with Crippen LogP contribution in [-0.4, -0.2) is 81.2 Å². The highest BCUT2D eigenvalue weighted by atomic mass is 16.5. The zero-order chi connectivity index (χ0) is 23.8. The molecule has 3 aromatic rings. The van der Waals surface area contributed by atoms with Crippen LogP contribution >= 0.6 is 0 Å². The third-order valence-corrected chi connectivity index (χ3v) is 5.70. The topological polar surface area (TPSA) is 103 Å². The lowest BCUT2D eigenvalue weighted by Gasteiger charge is -2.25. The minimum absolute atomic E-state index is 0.00519. The van der Waals surface area contributed by atoms with Gasteiger partial charge in [-0.3, -0.25) is 9.59 Å². The fourth-order valence-electron chi connectivity index (χ4n) is 3.87. The van der Waals surface area contributed by atoms with E-state index in [1.807, 2.05) is 54.6 Å². The minimum atomic E-state index is -0.341. The van der Waals surface area contributed by atoms with E-state index in [4.69, 9.17) is 9.47 Å². The molecule has 1 aromatic heterocycles. The second-order valence-corrected chi connectivity index (χ2v) is 8.14. The second kappa shape index (κ2) is 11.4. The molecule has 10 nitrogen and oxygen atoms in total. The van der Waals surface area contributed by atoms with Gasteiger partial charge in [0, 0.05) is 19.6 Å². The van der Waals surface area contributed by atoms with E-state index >= 15 is 0 Å². The lowest BCUT2D eigenvalue weighted by molar-refractivity contribution is -0.139. The first-order valence-corrected chi connectivity index (χ1v) is 11.2. The molecule has 2 heterocycles. The van der Waals surface area contributed by atoms with Crippen LogP contribution in [-0.2, 0) is 33.9 Å². The van der Waals surface area contributed by atoms with Crippen LogP contribution < -0.4 is 4.74 Å². The Morgan fingerprint density at radius 1 is 1.09 bits per heavy atom. The Balaban J connectivity index is 1.45. The summed E-state index contributed by atoms with van der Waals surface area (Å²) in [4.78, 5) is 29.3. The molecule has 0 radical (unpaired) electrons. The number of benzene rings is 2. The molecule has 1 fully saturated rings. The van der Waals surface area contributed by atoms with Crippen LogP contribution in [0.25, 0.3) is 0 Å². The van der Waals surface area contributed by atoms with E-state index in [2.05, 4.69) is 15.5 Å². The number of ether oxygens (including phenoxy) is 2. The first-order chi connectivity index (χ1) is 16.6. The Morgan fingerprint density at radius 2 is 1.91 bits per heavy atom. The normalized spacial score (nSPS) is 16.4. The average molecular weight is 465 g/mol. The smallest absolute Gasteiger partial charge is 0.245 e. The number of carbonyl (C=O) groups excluding carboxylic acids is 2. The van der Waals surface area contributed by atoms with Gasteiger partial charge in [-0.2, -0.15) is 0 Å². The maximum Gasteiger partial charge on any atom is 0.245 e. The van der Waals surface area contributed by atoms with Crippen molar-refractivity contribution in [1.29, 1.82) is 0 Å². The largest absolute Gasteiger partial charge is 0.497 e. The number of amides is 2. The van der Waals surface area contributed by atoms with Crippen molar-refractivity contribution in [1.82, 2.24) is 30.0 Å². The molecule has 2 aromatic carbocycles. The summed E-state index contributed by atoms with van der Waals surface area (Å²) >= 11 is 0. The zero-order valence-electron chi connectivity index (χ0n) is 19.1. The summed E-state index contributed by atoms with van der Waals surface area (Å²) in [5.74, 6) is 0.411. The van der Waals surface area contributed by atoms with Gasteiger partial charge in [-0.1, -0.05) is 42.5 Å². The lowest BCUT2D eigenvalue weighted by atomic mass is 10.1. The number of hydrogen-bond donors (Lipinski definition) is 0. The van der Waals surface area contributed by atoms with Crippen LogP contribution in [0, 0.1) is 0 Å². The molecule has 10 heteroatoms. The predicted octanol–water partition coefficient (Wildman–Crippen LogP) is 1.18. The molecule has 0 saturated carbocycles. The van der Waals surface area contributed by atoms with E-state index in [0.29, 0.717) is 26.2 Å². The van der Waals surface area contributed by atoms with Gasteiger partial charge >= 0.3 is 0 Å². The molecule has 1 saturated heterocycles. The minimum Gasteiger partial charge on any atom is -0.497 e. The van der Waals surface area contributed by atoms with Crippen molar-refractivity contribution in [2.24, 2.45) is 0 Å². The van der Waals surface area contributed by atoms with E-state index in [-0.39, 0.29) is 31.0 Å². The molecule has 0 N–H and O–H groups in total. The molecule has 0 unspecified atom stereocenters. The van der Waals surface area contributed by atoms with Gasteiger partial charge in [0.25, 0.3) is 0 Å². The van der Waals surface area contributed by atoms with Crippen molar-refractivity contribution in [2.75, 3.05) is 33.3 Å². The van der Waals surface area contributed by atoms with Crippen molar-refractivity contribution >= 4 is 11.8 Å². The maximum atomic E-state index is 13.1. The number of rotatable bonds is 9. The quantitative estimate of drug-likeness (QED) is 0.469. The van der Waals surface area contributed by atoms with Crippen LogP contribution in [0.4, 0.5) is 0 Å². The first kappa shape index (κ1) is 23.4. The summed E-state index contributed by atoms with van der Waals surface area (Å²) < 4.78 is 12.8. The Kier molecular flexibility index (Phi) is 7.82. The van der Waals surface area contributed by atoms with Crippen LogP contribution in [0.15, 0.2) is 60.9 Å². The molecule has 0 bridgehead atoms. The van der Waals surface area contributed by atoms with Gasteiger partial charge in [-0.25, -0.2) is 4.68 Å². The number of hydrogen-bond acceptors (Lipinski definition) is 7. The zero-order valence-corrected chi connectivity index (χ0v) is 19.1. The summed E-state index contributed by atoms with van der Waals surface area (Å²) in [5.41, 5.74) is 2.11. The highest BCUT2D eigenvalue weighted by Crippen LogP contribution is 2.16. The fourth-order valence-corrected chi connectivity index (χ4v) is 3.87. The molecular formula is C24H28N6O4. The van der Waals surface area contributed by atoms with Crippen molar-refractivity contribution in [3.05, 3.63) is 72.1 Å². The summed E-state index contributed by atoms with van der Waals surface area (Å²) in [6, 6.07) is 17.7. The van der Waals surface area contributed by atoms with Crippen LogP contribution in [0.5, 0.6) is 5.75 Å². The van der Waals surface area contributed by atoms with Crippen molar-refractivity contribution < 1.29 is 19.1 Å². The van der Waals surface area contributed by atoms with Crippen molar-refractivity contribution in [2.45, 2.75) is 25.7 Å². The van der Waals surface area contributed by atoms with Gasteiger partial charge in [0.2, 0.25) is 11.8 Å². The lowest BCUT2D eigenvalue weighted by Crippen LogP contribution is -2.41. The molecule has 2 amide bonds. The highest BCUT2D eigenvalue weighted by Gasteiger charge is 2.31. The predicted molar refractivity (Wildman–Crippen MR) is 123 cm³/mol. The van der Waals surface area contributed by atoms with E-state index in [1.165, 1.54) is 15.9 Å². The Bertz CT molecular complexity index is 1080. The first-order valence-electron chi connectivity index (χ1n) is 11.2. The van der Waals surface area contributed by atoms with Gasteiger partial charge in [0.05, 0.1) is 26.4 Å². The summed E-state index contributed by atoms with van der Waals surface area (Å²) in [6.45, 7) is 1.57. The molecule has 1 aliphatic rings. The molecular weight excluding hydrogens is 436 g/mol. The molecule has 1 aliphatic heterocycles. The van der Waals surface area contributed by atoms with E-state index < -0.39 is 0 Å². The Morgan fingerprint density at radius 3 is 2.68 bits per heavy atom. The monoisotopic (exact) mass is 464 g/mol. The van der Waals surface area contributed by atoms with Gasteiger partial charge < -0.3 is 19.3 Å². The van der Waals surface area contributed by atoms with E-state index in [0.717, 1.165) is 23.3 Å². The number of aromatic nitrogens is 4. The van der Waals surface area contributed by atoms with Gasteiger partial charge in [-0.05, 0) is 40.1 Å². The third kappa shape index (κ3) is 6.38. The average Bonchev–Trinajstić information content (AvgIpc) is 3.31. The van der Waals surface area contributed by atoms with E-state index in [9.17, 15) is 9.59 Å². The van der Waals surface area contributed by atoms with Gasteiger partial charge in [0.1, 0.15) is 18.6 Å². The maximum absolute atomic E-state index is 13.1. The molecule has 34 heavy (non-hydrogen) atoms. The van der Waals surface area contributed by atoms with Crippen LogP contribution in [0.1, 0.15) is 11.1 Å². The molecule has 178 valence electrons. The number of tetrazole rings is 1.